The van der Waals surface area contributed by atoms with E-state index in [1.165, 1.54) is 6.07 Å². The standard InChI is InChI=1S/C13H20N4O2/c1-13(2)9-16(5-4-15(13)3)11-6-10(14)7-12(8-11)17(18)19/h6-8H,4-5,9,14H2,1-3H3. The minimum Gasteiger partial charge on any atom is -0.398 e. The van der Waals surface area contributed by atoms with E-state index in [0.717, 1.165) is 25.3 Å². The van der Waals surface area contributed by atoms with Gasteiger partial charge in [-0.05, 0) is 27.0 Å². The Morgan fingerprint density at radius 2 is 2.00 bits per heavy atom. The van der Waals surface area contributed by atoms with Crippen LogP contribution in [0.1, 0.15) is 13.8 Å². The maximum atomic E-state index is 10.9. The molecule has 0 saturated carbocycles. The summed E-state index contributed by atoms with van der Waals surface area (Å²) < 4.78 is 0. The Balaban J connectivity index is 2.30. The monoisotopic (exact) mass is 264 g/mol. The van der Waals surface area contributed by atoms with E-state index in [1.807, 2.05) is 0 Å². The average molecular weight is 264 g/mol. The highest BCUT2D eigenvalue weighted by Gasteiger charge is 2.31. The van der Waals surface area contributed by atoms with Crippen LogP contribution in [0, 0.1) is 10.1 Å². The van der Waals surface area contributed by atoms with Crippen LogP contribution in [0.25, 0.3) is 0 Å². The Morgan fingerprint density at radius 1 is 1.32 bits per heavy atom. The second-order valence-electron chi connectivity index (χ2n) is 5.70. The number of non-ortho nitro benzene ring substituents is 1. The van der Waals surface area contributed by atoms with Crippen LogP contribution in [-0.2, 0) is 0 Å². The number of rotatable bonds is 2. The number of nitrogens with two attached hydrogens (primary N) is 1. The molecule has 6 nitrogen and oxygen atoms in total. The van der Waals surface area contributed by atoms with Crippen molar-refractivity contribution in [3.8, 4) is 0 Å². The molecular weight excluding hydrogens is 244 g/mol. The Bertz CT molecular complexity index is 501. The van der Waals surface area contributed by atoms with E-state index in [2.05, 4.69) is 30.7 Å². The quantitative estimate of drug-likeness (QED) is 0.500. The fourth-order valence-corrected chi connectivity index (χ4v) is 2.37. The smallest absolute Gasteiger partial charge is 0.273 e. The molecule has 1 saturated heterocycles. The largest absolute Gasteiger partial charge is 0.398 e. The molecule has 1 aromatic rings. The predicted octanol–water partition coefficient (Wildman–Crippen LogP) is 1.71. The Hall–Kier alpha value is -1.82. The Morgan fingerprint density at radius 3 is 2.58 bits per heavy atom. The van der Waals surface area contributed by atoms with Crippen molar-refractivity contribution < 1.29 is 4.92 Å². The molecule has 2 rings (SSSR count). The molecule has 0 radical (unpaired) electrons. The molecule has 0 bridgehead atoms. The van der Waals surface area contributed by atoms with Gasteiger partial charge in [-0.15, -0.1) is 0 Å². The van der Waals surface area contributed by atoms with Crippen molar-refractivity contribution in [3.63, 3.8) is 0 Å². The van der Waals surface area contributed by atoms with Gasteiger partial charge in [-0.2, -0.15) is 0 Å². The second-order valence-corrected chi connectivity index (χ2v) is 5.70. The lowest BCUT2D eigenvalue weighted by Gasteiger charge is -2.46. The van der Waals surface area contributed by atoms with E-state index in [9.17, 15) is 10.1 Å². The third-order valence-electron chi connectivity index (χ3n) is 3.82. The molecule has 1 aliphatic heterocycles. The number of piperazine rings is 1. The maximum absolute atomic E-state index is 10.9. The normalized spacial score (nSPS) is 19.4. The van der Waals surface area contributed by atoms with Gasteiger partial charge in [0.05, 0.1) is 4.92 Å². The number of nitro groups is 1. The summed E-state index contributed by atoms with van der Waals surface area (Å²) in [6, 6.07) is 4.79. The van der Waals surface area contributed by atoms with Gasteiger partial charge in [0.1, 0.15) is 0 Å². The Kier molecular flexibility index (Phi) is 3.36. The van der Waals surface area contributed by atoms with E-state index in [0.29, 0.717) is 5.69 Å². The first-order valence-electron chi connectivity index (χ1n) is 6.31. The van der Waals surface area contributed by atoms with Gasteiger partial charge < -0.3 is 10.6 Å². The third kappa shape index (κ3) is 2.78. The van der Waals surface area contributed by atoms with Gasteiger partial charge in [-0.3, -0.25) is 15.0 Å². The summed E-state index contributed by atoms with van der Waals surface area (Å²) in [6.45, 7) is 6.93. The zero-order valence-corrected chi connectivity index (χ0v) is 11.6. The third-order valence-corrected chi connectivity index (χ3v) is 3.82. The molecule has 0 atom stereocenters. The van der Waals surface area contributed by atoms with Crippen LogP contribution >= 0.6 is 0 Å². The Labute approximate surface area is 112 Å². The van der Waals surface area contributed by atoms with Crippen LogP contribution in [0.4, 0.5) is 17.1 Å². The lowest BCUT2D eigenvalue weighted by Crippen LogP contribution is -2.57. The lowest BCUT2D eigenvalue weighted by molar-refractivity contribution is -0.384. The van der Waals surface area contributed by atoms with E-state index in [4.69, 9.17) is 5.73 Å². The highest BCUT2D eigenvalue weighted by molar-refractivity contribution is 5.63. The van der Waals surface area contributed by atoms with Crippen molar-refractivity contribution in [2.24, 2.45) is 0 Å². The molecule has 1 aromatic carbocycles. The molecule has 0 aliphatic carbocycles. The van der Waals surface area contributed by atoms with Crippen molar-refractivity contribution >= 4 is 17.1 Å². The van der Waals surface area contributed by atoms with Gasteiger partial charge in [0.2, 0.25) is 0 Å². The summed E-state index contributed by atoms with van der Waals surface area (Å²) in [4.78, 5) is 14.9. The number of hydrogen-bond donors (Lipinski definition) is 1. The van der Waals surface area contributed by atoms with Crippen LogP contribution in [0.15, 0.2) is 18.2 Å². The van der Waals surface area contributed by atoms with E-state index >= 15 is 0 Å². The molecule has 1 heterocycles. The highest BCUT2D eigenvalue weighted by Crippen LogP contribution is 2.29. The summed E-state index contributed by atoms with van der Waals surface area (Å²) in [7, 11) is 2.10. The number of nitrogens with zero attached hydrogens (tertiary/aromatic N) is 3. The van der Waals surface area contributed by atoms with E-state index < -0.39 is 4.92 Å². The summed E-state index contributed by atoms with van der Waals surface area (Å²) >= 11 is 0. The molecule has 0 aromatic heterocycles. The molecule has 0 amide bonds. The van der Waals surface area contributed by atoms with Gasteiger partial charge in [0, 0.05) is 48.7 Å². The summed E-state index contributed by atoms with van der Waals surface area (Å²) in [5, 5.41) is 10.9. The first-order valence-corrected chi connectivity index (χ1v) is 6.31. The van der Waals surface area contributed by atoms with Crippen molar-refractivity contribution in [2.75, 3.05) is 37.3 Å². The number of anilines is 2. The van der Waals surface area contributed by atoms with E-state index in [1.54, 1.807) is 12.1 Å². The highest BCUT2D eigenvalue weighted by atomic mass is 16.6. The van der Waals surface area contributed by atoms with Crippen LogP contribution < -0.4 is 10.6 Å². The number of benzene rings is 1. The average Bonchev–Trinajstić information content (AvgIpc) is 2.31. The predicted molar refractivity (Wildman–Crippen MR) is 76.4 cm³/mol. The molecule has 6 heteroatoms. The first kappa shape index (κ1) is 13.6. The van der Waals surface area contributed by atoms with Crippen molar-refractivity contribution in [1.29, 1.82) is 0 Å². The molecule has 104 valence electrons. The van der Waals surface area contributed by atoms with Crippen LogP contribution in [0.5, 0.6) is 0 Å². The number of nitrogen functional groups attached to an aromatic ring is 1. The van der Waals surface area contributed by atoms with Crippen LogP contribution in [0.3, 0.4) is 0 Å². The number of likely N-dealkylation sites (N-methyl/N-ethyl adjacent to an activating group) is 1. The first-order chi connectivity index (χ1) is 8.79. The van der Waals surface area contributed by atoms with Gasteiger partial charge in [-0.1, -0.05) is 0 Å². The summed E-state index contributed by atoms with van der Waals surface area (Å²) in [5.74, 6) is 0. The fourth-order valence-electron chi connectivity index (χ4n) is 2.37. The topological polar surface area (TPSA) is 75.6 Å². The van der Waals surface area contributed by atoms with Crippen molar-refractivity contribution in [3.05, 3.63) is 28.3 Å². The fraction of sp³-hybridized carbons (Fsp3) is 0.538. The van der Waals surface area contributed by atoms with Crippen molar-refractivity contribution in [2.45, 2.75) is 19.4 Å². The molecular formula is C13H20N4O2. The van der Waals surface area contributed by atoms with Gasteiger partial charge >= 0.3 is 0 Å². The second kappa shape index (κ2) is 4.70. The molecule has 2 N–H and O–H groups in total. The zero-order chi connectivity index (χ0) is 14.2. The van der Waals surface area contributed by atoms with Gasteiger partial charge in [0.15, 0.2) is 0 Å². The minimum atomic E-state index is -0.402. The number of nitro benzene ring substituents is 1. The molecule has 19 heavy (non-hydrogen) atoms. The van der Waals surface area contributed by atoms with Crippen molar-refractivity contribution in [1.82, 2.24) is 4.90 Å². The maximum Gasteiger partial charge on any atom is 0.273 e. The van der Waals surface area contributed by atoms with Crippen LogP contribution in [0.2, 0.25) is 0 Å². The van der Waals surface area contributed by atoms with Gasteiger partial charge in [0.25, 0.3) is 5.69 Å². The molecule has 0 spiro atoms. The molecule has 1 fully saturated rings. The number of hydrogen-bond acceptors (Lipinski definition) is 5. The molecule has 1 aliphatic rings. The van der Waals surface area contributed by atoms with E-state index in [-0.39, 0.29) is 11.2 Å². The SMILES string of the molecule is CN1CCN(c2cc(N)cc([N+](=O)[O-])c2)CC1(C)C. The molecule has 0 unspecified atom stereocenters. The van der Waals surface area contributed by atoms with Crippen LogP contribution in [-0.4, -0.2) is 42.0 Å². The zero-order valence-electron chi connectivity index (χ0n) is 11.6. The van der Waals surface area contributed by atoms with Gasteiger partial charge in [-0.25, -0.2) is 0 Å². The summed E-state index contributed by atoms with van der Waals surface area (Å²) in [5.41, 5.74) is 7.10. The minimum absolute atomic E-state index is 0.0393. The summed E-state index contributed by atoms with van der Waals surface area (Å²) in [6.07, 6.45) is 0. The lowest BCUT2D eigenvalue weighted by atomic mass is 9.99.